The number of benzene rings is 1. The van der Waals surface area contributed by atoms with Crippen LogP contribution in [0, 0.1) is 6.92 Å². The zero-order chi connectivity index (χ0) is 14.8. The molecule has 0 aliphatic heterocycles. The normalized spacial score (nSPS) is 13.4. The van der Waals surface area contributed by atoms with Crippen LogP contribution in [0.5, 0.6) is 0 Å². The molecule has 6 heteroatoms. The van der Waals surface area contributed by atoms with Crippen molar-refractivity contribution in [2.24, 2.45) is 0 Å². The van der Waals surface area contributed by atoms with Crippen molar-refractivity contribution in [2.75, 3.05) is 7.05 Å². The Morgan fingerprint density at radius 2 is 2.10 bits per heavy atom. The Kier molecular flexibility index (Phi) is 4.13. The van der Waals surface area contributed by atoms with Crippen LogP contribution in [0.4, 0.5) is 13.2 Å². The van der Waals surface area contributed by atoms with Crippen LogP contribution >= 0.6 is 0 Å². The smallest absolute Gasteiger partial charge is 0.311 e. The fourth-order valence-electron chi connectivity index (χ4n) is 2.05. The second kappa shape index (κ2) is 5.66. The highest BCUT2D eigenvalue weighted by Gasteiger charge is 2.30. The van der Waals surface area contributed by atoms with Crippen LogP contribution in [-0.2, 0) is 12.7 Å². The van der Waals surface area contributed by atoms with Gasteiger partial charge in [0.05, 0.1) is 24.3 Å². The summed E-state index contributed by atoms with van der Waals surface area (Å²) in [7, 11) is 1.72. The van der Waals surface area contributed by atoms with Gasteiger partial charge in [-0.3, -0.25) is 4.68 Å². The molecule has 0 fully saturated rings. The molecule has 1 unspecified atom stereocenters. The van der Waals surface area contributed by atoms with Crippen LogP contribution in [-0.4, -0.2) is 16.8 Å². The highest BCUT2D eigenvalue weighted by atomic mass is 19.4. The lowest BCUT2D eigenvalue weighted by molar-refractivity contribution is -0.137. The lowest BCUT2D eigenvalue weighted by Crippen LogP contribution is -2.22. The van der Waals surface area contributed by atoms with Gasteiger partial charge >= 0.3 is 6.18 Å². The van der Waals surface area contributed by atoms with Gasteiger partial charge in [0.2, 0.25) is 0 Å². The first-order valence-electron chi connectivity index (χ1n) is 6.23. The summed E-state index contributed by atoms with van der Waals surface area (Å²) in [6, 6.07) is 5.15. The van der Waals surface area contributed by atoms with E-state index in [4.69, 9.17) is 0 Å². The second-order valence-electron chi connectivity index (χ2n) is 4.70. The Morgan fingerprint density at radius 1 is 1.35 bits per heavy atom. The first kappa shape index (κ1) is 14.6. The minimum atomic E-state index is -4.32. The number of aromatic nitrogens is 2. The molecule has 2 aromatic rings. The molecule has 0 aliphatic carbocycles. The Labute approximate surface area is 115 Å². The molecule has 108 valence electrons. The largest absolute Gasteiger partial charge is 0.416 e. The molecule has 0 saturated heterocycles. The minimum absolute atomic E-state index is 0.225. The molecule has 20 heavy (non-hydrogen) atoms. The van der Waals surface area contributed by atoms with Gasteiger partial charge in [0, 0.05) is 6.20 Å². The monoisotopic (exact) mass is 283 g/mol. The zero-order valence-electron chi connectivity index (χ0n) is 11.3. The van der Waals surface area contributed by atoms with Gasteiger partial charge in [-0.1, -0.05) is 12.1 Å². The third-order valence-corrected chi connectivity index (χ3v) is 3.10. The number of rotatable bonds is 4. The summed E-state index contributed by atoms with van der Waals surface area (Å²) < 4.78 is 39.9. The summed E-state index contributed by atoms with van der Waals surface area (Å²) in [6.45, 7) is 2.40. The SMILES string of the molecule is CNC(Cn1cc(C)cn1)c1cccc(C(F)(F)F)c1. The van der Waals surface area contributed by atoms with Gasteiger partial charge in [-0.2, -0.15) is 18.3 Å². The predicted octanol–water partition coefficient (Wildman–Crippen LogP) is 3.17. The summed E-state index contributed by atoms with van der Waals surface area (Å²) in [5.41, 5.74) is 0.978. The number of nitrogens with zero attached hydrogens (tertiary/aromatic N) is 2. The summed E-state index contributed by atoms with van der Waals surface area (Å²) in [5, 5.41) is 7.18. The Bertz CT molecular complexity index is 575. The van der Waals surface area contributed by atoms with E-state index in [-0.39, 0.29) is 6.04 Å². The number of halogens is 3. The van der Waals surface area contributed by atoms with E-state index in [9.17, 15) is 13.2 Å². The molecule has 1 aromatic heterocycles. The molecular weight excluding hydrogens is 267 g/mol. The molecule has 1 heterocycles. The van der Waals surface area contributed by atoms with E-state index >= 15 is 0 Å². The van der Waals surface area contributed by atoms with Crippen LogP contribution in [0.25, 0.3) is 0 Å². The van der Waals surface area contributed by atoms with Crippen molar-refractivity contribution in [3.8, 4) is 0 Å². The Morgan fingerprint density at radius 3 is 2.65 bits per heavy atom. The summed E-state index contributed by atoms with van der Waals surface area (Å²) in [6.07, 6.45) is -0.743. The summed E-state index contributed by atoms with van der Waals surface area (Å²) in [5.74, 6) is 0. The molecule has 1 atom stereocenters. The molecule has 0 amide bonds. The quantitative estimate of drug-likeness (QED) is 0.934. The number of alkyl halides is 3. The molecule has 0 radical (unpaired) electrons. The average Bonchev–Trinajstić information content (AvgIpc) is 2.81. The van der Waals surface area contributed by atoms with Gasteiger partial charge in [-0.05, 0) is 37.2 Å². The first-order chi connectivity index (χ1) is 9.40. The maximum Gasteiger partial charge on any atom is 0.416 e. The van der Waals surface area contributed by atoms with Crippen molar-refractivity contribution in [2.45, 2.75) is 25.7 Å². The van der Waals surface area contributed by atoms with E-state index in [1.165, 1.54) is 12.1 Å². The number of aryl methyl sites for hydroxylation is 1. The number of likely N-dealkylation sites (N-methyl/N-ethyl adjacent to an activating group) is 1. The van der Waals surface area contributed by atoms with Gasteiger partial charge in [-0.25, -0.2) is 0 Å². The van der Waals surface area contributed by atoms with Crippen molar-refractivity contribution in [3.63, 3.8) is 0 Å². The fraction of sp³-hybridized carbons (Fsp3) is 0.357. The van der Waals surface area contributed by atoms with Crippen molar-refractivity contribution in [3.05, 3.63) is 53.3 Å². The van der Waals surface area contributed by atoms with E-state index in [1.54, 1.807) is 24.0 Å². The standard InChI is InChI=1S/C14H16F3N3/c1-10-7-19-20(8-10)9-13(18-2)11-4-3-5-12(6-11)14(15,16)17/h3-8,13,18H,9H2,1-2H3. The van der Waals surface area contributed by atoms with Crippen LogP contribution in [0.3, 0.4) is 0 Å². The number of hydrogen-bond donors (Lipinski definition) is 1. The lowest BCUT2D eigenvalue weighted by Gasteiger charge is -2.18. The van der Waals surface area contributed by atoms with Gasteiger partial charge in [0.25, 0.3) is 0 Å². The minimum Gasteiger partial charge on any atom is -0.311 e. The summed E-state index contributed by atoms with van der Waals surface area (Å²) in [4.78, 5) is 0. The second-order valence-corrected chi connectivity index (χ2v) is 4.70. The van der Waals surface area contributed by atoms with Crippen LogP contribution in [0.15, 0.2) is 36.7 Å². The van der Waals surface area contributed by atoms with Gasteiger partial charge < -0.3 is 5.32 Å². The van der Waals surface area contributed by atoms with Crippen LogP contribution < -0.4 is 5.32 Å². The average molecular weight is 283 g/mol. The van der Waals surface area contributed by atoms with E-state index in [0.29, 0.717) is 12.1 Å². The van der Waals surface area contributed by atoms with E-state index in [2.05, 4.69) is 10.4 Å². The molecule has 2 rings (SSSR count). The third kappa shape index (κ3) is 3.39. The van der Waals surface area contributed by atoms with Crippen LogP contribution in [0.2, 0.25) is 0 Å². The molecule has 0 saturated carbocycles. The van der Waals surface area contributed by atoms with E-state index in [0.717, 1.165) is 11.6 Å². The predicted molar refractivity (Wildman–Crippen MR) is 70.2 cm³/mol. The Balaban J connectivity index is 2.23. The van der Waals surface area contributed by atoms with Crippen molar-refractivity contribution >= 4 is 0 Å². The lowest BCUT2D eigenvalue weighted by atomic mass is 10.0. The van der Waals surface area contributed by atoms with Gasteiger partial charge in [0.15, 0.2) is 0 Å². The number of nitrogens with one attached hydrogen (secondary N) is 1. The van der Waals surface area contributed by atoms with Crippen molar-refractivity contribution in [1.29, 1.82) is 0 Å². The van der Waals surface area contributed by atoms with Gasteiger partial charge in [0.1, 0.15) is 0 Å². The first-order valence-corrected chi connectivity index (χ1v) is 6.23. The van der Waals surface area contributed by atoms with E-state index < -0.39 is 11.7 Å². The molecular formula is C14H16F3N3. The molecule has 0 spiro atoms. The van der Waals surface area contributed by atoms with Crippen LogP contribution in [0.1, 0.15) is 22.7 Å². The number of hydrogen-bond acceptors (Lipinski definition) is 2. The molecule has 3 nitrogen and oxygen atoms in total. The third-order valence-electron chi connectivity index (χ3n) is 3.10. The maximum absolute atomic E-state index is 12.7. The van der Waals surface area contributed by atoms with Crippen molar-refractivity contribution in [1.82, 2.24) is 15.1 Å². The van der Waals surface area contributed by atoms with Gasteiger partial charge in [-0.15, -0.1) is 0 Å². The maximum atomic E-state index is 12.7. The van der Waals surface area contributed by atoms with Crippen molar-refractivity contribution < 1.29 is 13.2 Å². The molecule has 1 N–H and O–H groups in total. The highest BCUT2D eigenvalue weighted by Crippen LogP contribution is 2.30. The fourth-order valence-corrected chi connectivity index (χ4v) is 2.05. The topological polar surface area (TPSA) is 29.9 Å². The van der Waals surface area contributed by atoms with E-state index in [1.807, 2.05) is 13.1 Å². The Hall–Kier alpha value is -1.82. The molecule has 0 bridgehead atoms. The molecule has 0 aliphatic rings. The summed E-state index contributed by atoms with van der Waals surface area (Å²) >= 11 is 0. The molecule has 1 aromatic carbocycles. The highest BCUT2D eigenvalue weighted by molar-refractivity contribution is 5.28. The zero-order valence-corrected chi connectivity index (χ0v) is 11.3.